The summed E-state index contributed by atoms with van der Waals surface area (Å²) in [7, 11) is 0. The van der Waals surface area contributed by atoms with Crippen molar-refractivity contribution < 1.29 is 9.53 Å². The van der Waals surface area contributed by atoms with Crippen LogP contribution in [0.2, 0.25) is 0 Å². The normalized spacial score (nSPS) is 19.7. The van der Waals surface area contributed by atoms with E-state index in [2.05, 4.69) is 12.1 Å². The highest BCUT2D eigenvalue weighted by Gasteiger charge is 2.14. The molecule has 0 bridgehead atoms. The Morgan fingerprint density at radius 1 is 1.33 bits per heavy atom. The van der Waals surface area contributed by atoms with Gasteiger partial charge >= 0.3 is 0 Å². The van der Waals surface area contributed by atoms with Crippen LogP contribution in [0, 0.1) is 0 Å². The van der Waals surface area contributed by atoms with Crippen molar-refractivity contribution in [2.45, 2.75) is 36.7 Å². The number of carbonyl (C=O) groups is 1. The van der Waals surface area contributed by atoms with Gasteiger partial charge in [-0.1, -0.05) is 12.1 Å². The fourth-order valence-corrected chi connectivity index (χ4v) is 2.74. The van der Waals surface area contributed by atoms with E-state index in [1.54, 1.807) is 0 Å². The highest BCUT2D eigenvalue weighted by molar-refractivity contribution is 8.00. The molecule has 0 radical (unpaired) electrons. The predicted molar refractivity (Wildman–Crippen MR) is 73.7 cm³/mol. The van der Waals surface area contributed by atoms with Gasteiger partial charge in [0, 0.05) is 11.5 Å². The molecule has 1 aliphatic rings. The third-order valence-electron chi connectivity index (χ3n) is 3.04. The van der Waals surface area contributed by atoms with E-state index >= 15 is 0 Å². The van der Waals surface area contributed by atoms with Crippen molar-refractivity contribution in [2.75, 3.05) is 12.4 Å². The Labute approximate surface area is 112 Å². The first-order valence-corrected chi connectivity index (χ1v) is 7.34. The molecule has 1 fully saturated rings. The topological polar surface area (TPSA) is 52.3 Å². The van der Waals surface area contributed by atoms with E-state index < -0.39 is 0 Å². The minimum atomic E-state index is -0.278. The molecule has 1 amide bonds. The monoisotopic (exact) mass is 265 g/mol. The number of hydrogen-bond acceptors (Lipinski definition) is 3. The molecule has 1 saturated heterocycles. The van der Waals surface area contributed by atoms with Crippen LogP contribution in [0.4, 0.5) is 0 Å². The Balaban J connectivity index is 1.84. The van der Waals surface area contributed by atoms with Gasteiger partial charge in [0.05, 0.1) is 11.9 Å². The van der Waals surface area contributed by atoms with Crippen molar-refractivity contribution in [1.29, 1.82) is 0 Å². The van der Waals surface area contributed by atoms with Crippen molar-refractivity contribution in [1.82, 2.24) is 0 Å². The summed E-state index contributed by atoms with van der Waals surface area (Å²) in [5.41, 5.74) is 6.41. The highest BCUT2D eigenvalue weighted by atomic mass is 32.2. The zero-order chi connectivity index (χ0) is 12.8. The van der Waals surface area contributed by atoms with Crippen molar-refractivity contribution in [2.24, 2.45) is 5.73 Å². The van der Waals surface area contributed by atoms with Crippen LogP contribution in [0.15, 0.2) is 29.2 Å². The minimum Gasteiger partial charge on any atom is -0.378 e. The maximum absolute atomic E-state index is 10.7. The summed E-state index contributed by atoms with van der Waals surface area (Å²) in [6.07, 6.45) is 5.00. The second kappa shape index (κ2) is 6.81. The van der Waals surface area contributed by atoms with Gasteiger partial charge in [-0.3, -0.25) is 4.79 Å². The fourth-order valence-electron chi connectivity index (χ4n) is 2.11. The van der Waals surface area contributed by atoms with Gasteiger partial charge in [0.25, 0.3) is 0 Å². The smallest absolute Gasteiger partial charge is 0.227 e. The lowest BCUT2D eigenvalue weighted by molar-refractivity contribution is -0.115. The lowest BCUT2D eigenvalue weighted by Crippen LogP contribution is -2.21. The van der Waals surface area contributed by atoms with Crippen LogP contribution in [0.5, 0.6) is 0 Å². The van der Waals surface area contributed by atoms with E-state index in [-0.39, 0.29) is 5.91 Å². The number of amides is 1. The van der Waals surface area contributed by atoms with Crippen LogP contribution in [0.1, 0.15) is 24.8 Å². The minimum absolute atomic E-state index is 0.278. The van der Waals surface area contributed by atoms with E-state index in [1.165, 1.54) is 30.2 Å². The van der Waals surface area contributed by atoms with Crippen LogP contribution in [0.3, 0.4) is 0 Å². The maximum Gasteiger partial charge on any atom is 0.227 e. The summed E-state index contributed by atoms with van der Waals surface area (Å²) in [4.78, 5) is 11.8. The van der Waals surface area contributed by atoms with Gasteiger partial charge in [-0.05, 0) is 43.4 Å². The summed E-state index contributed by atoms with van der Waals surface area (Å²) in [6.45, 7) is 0.900. The molecule has 3 nitrogen and oxygen atoms in total. The SMILES string of the molecule is NC(=O)CSc1ccc(CC2CCCCO2)cc1. The van der Waals surface area contributed by atoms with E-state index in [0.29, 0.717) is 11.9 Å². The molecule has 0 saturated carbocycles. The Morgan fingerprint density at radius 2 is 2.11 bits per heavy atom. The van der Waals surface area contributed by atoms with Gasteiger partial charge in [-0.2, -0.15) is 0 Å². The summed E-state index contributed by atoms with van der Waals surface area (Å²) >= 11 is 1.48. The zero-order valence-corrected chi connectivity index (χ0v) is 11.2. The number of carbonyl (C=O) groups excluding carboxylic acids is 1. The van der Waals surface area contributed by atoms with Crippen molar-refractivity contribution in [3.8, 4) is 0 Å². The lowest BCUT2D eigenvalue weighted by Gasteiger charge is -2.22. The molecule has 1 aromatic rings. The van der Waals surface area contributed by atoms with E-state index in [9.17, 15) is 4.79 Å². The second-order valence-electron chi connectivity index (χ2n) is 4.59. The number of rotatable bonds is 5. The van der Waals surface area contributed by atoms with E-state index in [0.717, 1.165) is 24.3 Å². The van der Waals surface area contributed by atoms with Gasteiger partial charge in [-0.25, -0.2) is 0 Å². The van der Waals surface area contributed by atoms with Gasteiger partial charge < -0.3 is 10.5 Å². The Bertz CT molecular complexity index is 385. The third-order valence-corrected chi connectivity index (χ3v) is 4.08. The van der Waals surface area contributed by atoms with Crippen molar-refractivity contribution in [3.63, 3.8) is 0 Å². The van der Waals surface area contributed by atoms with Crippen LogP contribution in [-0.2, 0) is 16.0 Å². The van der Waals surface area contributed by atoms with Crippen molar-refractivity contribution in [3.05, 3.63) is 29.8 Å². The second-order valence-corrected chi connectivity index (χ2v) is 5.64. The number of nitrogens with two attached hydrogens (primary N) is 1. The molecule has 1 aliphatic heterocycles. The molecular formula is C14H19NO2S. The molecule has 0 spiro atoms. The highest BCUT2D eigenvalue weighted by Crippen LogP contribution is 2.21. The largest absolute Gasteiger partial charge is 0.378 e. The molecule has 2 rings (SSSR count). The Morgan fingerprint density at radius 3 is 2.72 bits per heavy atom. The molecule has 18 heavy (non-hydrogen) atoms. The van der Waals surface area contributed by atoms with Crippen LogP contribution < -0.4 is 5.73 Å². The summed E-state index contributed by atoms with van der Waals surface area (Å²) in [5, 5.41) is 0. The molecule has 0 aliphatic carbocycles. The summed E-state index contributed by atoms with van der Waals surface area (Å²) in [5.74, 6) is 0.0603. The number of hydrogen-bond donors (Lipinski definition) is 1. The molecule has 1 heterocycles. The molecule has 4 heteroatoms. The van der Waals surface area contributed by atoms with E-state index in [1.807, 2.05) is 12.1 Å². The molecule has 2 N–H and O–H groups in total. The molecule has 1 aromatic carbocycles. The van der Waals surface area contributed by atoms with Gasteiger partial charge in [0.2, 0.25) is 5.91 Å². The maximum atomic E-state index is 10.7. The van der Waals surface area contributed by atoms with Gasteiger partial charge in [0.15, 0.2) is 0 Å². The molecule has 0 aromatic heterocycles. The number of ether oxygens (including phenoxy) is 1. The first kappa shape index (κ1) is 13.4. The van der Waals surface area contributed by atoms with Gasteiger partial charge in [-0.15, -0.1) is 11.8 Å². The van der Waals surface area contributed by atoms with Crippen LogP contribution in [0.25, 0.3) is 0 Å². The standard InChI is InChI=1S/C14H19NO2S/c15-14(16)10-18-13-6-4-11(5-7-13)9-12-3-1-2-8-17-12/h4-7,12H,1-3,8-10H2,(H2,15,16). The molecule has 98 valence electrons. The zero-order valence-electron chi connectivity index (χ0n) is 10.4. The van der Waals surface area contributed by atoms with Crippen LogP contribution >= 0.6 is 11.8 Å². The summed E-state index contributed by atoms with van der Waals surface area (Å²) < 4.78 is 5.72. The molecule has 1 atom stereocenters. The third kappa shape index (κ3) is 4.35. The van der Waals surface area contributed by atoms with E-state index in [4.69, 9.17) is 10.5 Å². The lowest BCUT2D eigenvalue weighted by atomic mass is 10.0. The van der Waals surface area contributed by atoms with Gasteiger partial charge in [0.1, 0.15) is 0 Å². The predicted octanol–water partition coefficient (Wildman–Crippen LogP) is 2.38. The fraction of sp³-hybridized carbons (Fsp3) is 0.500. The molecule has 1 unspecified atom stereocenters. The number of primary amides is 1. The number of thioether (sulfide) groups is 1. The molecular weight excluding hydrogens is 246 g/mol. The average Bonchev–Trinajstić information content (AvgIpc) is 2.39. The van der Waals surface area contributed by atoms with Crippen molar-refractivity contribution >= 4 is 17.7 Å². The first-order chi connectivity index (χ1) is 8.74. The Hall–Kier alpha value is -1.00. The summed E-state index contributed by atoms with van der Waals surface area (Å²) in [6, 6.07) is 8.32. The average molecular weight is 265 g/mol. The quantitative estimate of drug-likeness (QED) is 0.832. The first-order valence-electron chi connectivity index (χ1n) is 6.35. The Kier molecular flexibility index (Phi) is 5.08. The number of benzene rings is 1. The van der Waals surface area contributed by atoms with Crippen LogP contribution in [-0.4, -0.2) is 24.4 Å².